The van der Waals surface area contributed by atoms with E-state index in [1.807, 2.05) is 19.1 Å². The first kappa shape index (κ1) is 7.78. The van der Waals surface area contributed by atoms with E-state index < -0.39 is 0 Å². The Morgan fingerprint density at radius 3 is 3.10 bits per heavy atom. The number of anilines is 1. The van der Waals surface area contributed by atoms with Crippen LogP contribution in [-0.2, 0) is 0 Å². The van der Waals surface area contributed by atoms with Crippen LogP contribution in [0.1, 0.15) is 5.56 Å². The molecule has 0 saturated heterocycles. The Bertz CT molecular complexity index is 213. The van der Waals surface area contributed by atoms with Gasteiger partial charge in [-0.25, -0.2) is 4.98 Å². The van der Waals surface area contributed by atoms with Gasteiger partial charge in [-0.3, -0.25) is 0 Å². The lowest BCUT2D eigenvalue weighted by Crippen LogP contribution is -1.98. The summed E-state index contributed by atoms with van der Waals surface area (Å²) in [6.45, 7) is 2.04. The van der Waals surface area contributed by atoms with E-state index in [0.29, 0.717) is 0 Å². The summed E-state index contributed by atoms with van der Waals surface area (Å²) in [6.07, 6.45) is 1.79. The highest BCUT2D eigenvalue weighted by molar-refractivity contribution is 14.1. The van der Waals surface area contributed by atoms with Crippen LogP contribution >= 0.6 is 22.6 Å². The summed E-state index contributed by atoms with van der Waals surface area (Å²) < 4.78 is 0.898. The number of nitrogens with zero attached hydrogens (tertiary/aromatic N) is 1. The average molecular weight is 248 g/mol. The van der Waals surface area contributed by atoms with E-state index in [-0.39, 0.29) is 0 Å². The molecule has 0 bridgehead atoms. The number of aromatic nitrogens is 1. The van der Waals surface area contributed by atoms with Crippen molar-refractivity contribution in [3.8, 4) is 0 Å². The van der Waals surface area contributed by atoms with Gasteiger partial charge in [-0.2, -0.15) is 0 Å². The zero-order chi connectivity index (χ0) is 7.40. The van der Waals surface area contributed by atoms with Crippen LogP contribution < -0.4 is 5.32 Å². The van der Waals surface area contributed by atoms with E-state index in [4.69, 9.17) is 0 Å². The summed E-state index contributed by atoms with van der Waals surface area (Å²) in [5.74, 6) is 0.983. The van der Waals surface area contributed by atoms with E-state index in [2.05, 4.69) is 32.9 Å². The molecule has 0 aliphatic carbocycles. The van der Waals surface area contributed by atoms with Crippen LogP contribution in [-0.4, -0.2) is 9.54 Å². The molecule has 0 amide bonds. The number of aryl methyl sites for hydroxylation is 1. The van der Waals surface area contributed by atoms with Gasteiger partial charge in [0.25, 0.3) is 0 Å². The second-order valence-electron chi connectivity index (χ2n) is 1.98. The van der Waals surface area contributed by atoms with Crippen LogP contribution in [0, 0.1) is 6.92 Å². The third kappa shape index (κ3) is 1.83. The maximum atomic E-state index is 4.15. The number of hydrogen-bond donors (Lipinski definition) is 1. The maximum Gasteiger partial charge on any atom is 0.129 e. The standard InChI is InChI=1S/C7H9IN2/c1-6-3-2-4-9-7(6)10-5-8/h2-4H,5H2,1H3,(H,9,10). The highest BCUT2D eigenvalue weighted by Gasteiger charge is 1.93. The predicted octanol–water partition coefficient (Wildman–Crippen LogP) is 2.19. The summed E-state index contributed by atoms with van der Waals surface area (Å²) in [5, 5.41) is 3.15. The van der Waals surface area contributed by atoms with Gasteiger partial charge in [-0.05, 0) is 18.6 Å². The lowest BCUT2D eigenvalue weighted by Gasteiger charge is -2.02. The second-order valence-corrected chi connectivity index (χ2v) is 2.74. The van der Waals surface area contributed by atoms with Crippen molar-refractivity contribution in [1.82, 2.24) is 4.98 Å². The molecule has 10 heavy (non-hydrogen) atoms. The first-order chi connectivity index (χ1) is 4.84. The fourth-order valence-corrected chi connectivity index (χ4v) is 1.10. The summed E-state index contributed by atoms with van der Waals surface area (Å²) in [6, 6.07) is 3.98. The smallest absolute Gasteiger partial charge is 0.129 e. The summed E-state index contributed by atoms with van der Waals surface area (Å²) in [4.78, 5) is 4.15. The molecule has 3 heteroatoms. The molecule has 0 aliphatic heterocycles. The number of alkyl halides is 1. The molecule has 0 radical (unpaired) electrons. The fourth-order valence-electron chi connectivity index (χ4n) is 0.734. The Hall–Kier alpha value is -0.320. The molecule has 1 heterocycles. The monoisotopic (exact) mass is 248 g/mol. The fraction of sp³-hybridized carbons (Fsp3) is 0.286. The molecule has 1 rings (SSSR count). The van der Waals surface area contributed by atoms with Gasteiger partial charge in [0.1, 0.15) is 5.82 Å². The highest BCUT2D eigenvalue weighted by Crippen LogP contribution is 2.08. The quantitative estimate of drug-likeness (QED) is 0.493. The molecule has 0 spiro atoms. The second kappa shape index (κ2) is 3.75. The Balaban J connectivity index is 2.81. The molecule has 0 aromatic carbocycles. The van der Waals surface area contributed by atoms with Crippen LogP contribution in [0.2, 0.25) is 0 Å². The van der Waals surface area contributed by atoms with Gasteiger partial charge in [-0.15, -0.1) is 0 Å². The molecule has 1 aromatic heterocycles. The molecular formula is C7H9IN2. The largest absolute Gasteiger partial charge is 0.361 e. The molecule has 1 N–H and O–H groups in total. The van der Waals surface area contributed by atoms with Crippen molar-refractivity contribution in [2.75, 3.05) is 9.87 Å². The lowest BCUT2D eigenvalue weighted by atomic mass is 10.3. The Morgan fingerprint density at radius 2 is 2.50 bits per heavy atom. The van der Waals surface area contributed by atoms with Crippen molar-refractivity contribution in [2.45, 2.75) is 6.92 Å². The SMILES string of the molecule is Cc1cccnc1NCI. The average Bonchev–Trinajstić information content (AvgIpc) is 1.94. The molecule has 54 valence electrons. The Morgan fingerprint density at radius 1 is 1.70 bits per heavy atom. The predicted molar refractivity (Wildman–Crippen MR) is 51.5 cm³/mol. The van der Waals surface area contributed by atoms with Crippen molar-refractivity contribution in [3.63, 3.8) is 0 Å². The molecule has 0 fully saturated rings. The van der Waals surface area contributed by atoms with E-state index in [0.717, 1.165) is 10.4 Å². The van der Waals surface area contributed by atoms with Gasteiger partial charge in [-0.1, -0.05) is 28.7 Å². The molecular weight excluding hydrogens is 239 g/mol. The van der Waals surface area contributed by atoms with E-state index >= 15 is 0 Å². The number of rotatable bonds is 2. The lowest BCUT2D eigenvalue weighted by molar-refractivity contribution is 1.23. The maximum absolute atomic E-state index is 4.15. The first-order valence-electron chi connectivity index (χ1n) is 3.06. The van der Waals surface area contributed by atoms with Gasteiger partial charge in [0, 0.05) is 6.20 Å². The summed E-state index contributed by atoms with van der Waals surface area (Å²) in [7, 11) is 0. The minimum atomic E-state index is 0.898. The van der Waals surface area contributed by atoms with Crippen LogP contribution in [0.3, 0.4) is 0 Å². The van der Waals surface area contributed by atoms with Gasteiger partial charge < -0.3 is 5.32 Å². The molecule has 0 unspecified atom stereocenters. The van der Waals surface area contributed by atoms with Crippen LogP contribution in [0.4, 0.5) is 5.82 Å². The van der Waals surface area contributed by atoms with Crippen molar-refractivity contribution in [1.29, 1.82) is 0 Å². The molecule has 0 saturated carbocycles. The number of hydrogen-bond acceptors (Lipinski definition) is 2. The molecule has 2 nitrogen and oxygen atoms in total. The van der Waals surface area contributed by atoms with E-state index in [1.54, 1.807) is 6.20 Å². The highest BCUT2D eigenvalue weighted by atomic mass is 127. The van der Waals surface area contributed by atoms with Crippen molar-refractivity contribution in [2.24, 2.45) is 0 Å². The van der Waals surface area contributed by atoms with Crippen LogP contribution in [0.15, 0.2) is 18.3 Å². The number of nitrogens with one attached hydrogen (secondary N) is 1. The van der Waals surface area contributed by atoms with Crippen LogP contribution in [0.5, 0.6) is 0 Å². The third-order valence-corrected chi connectivity index (χ3v) is 1.63. The van der Waals surface area contributed by atoms with Crippen molar-refractivity contribution >= 4 is 28.4 Å². The van der Waals surface area contributed by atoms with E-state index in [9.17, 15) is 0 Å². The van der Waals surface area contributed by atoms with Gasteiger partial charge >= 0.3 is 0 Å². The Kier molecular flexibility index (Phi) is 2.92. The first-order valence-corrected chi connectivity index (χ1v) is 4.58. The summed E-state index contributed by atoms with van der Waals surface area (Å²) in [5.41, 5.74) is 1.19. The van der Waals surface area contributed by atoms with Gasteiger partial charge in [0.05, 0.1) is 4.55 Å². The zero-order valence-corrected chi connectivity index (χ0v) is 7.92. The number of pyridine rings is 1. The van der Waals surface area contributed by atoms with Crippen LogP contribution in [0.25, 0.3) is 0 Å². The minimum absolute atomic E-state index is 0.898. The number of halogens is 1. The normalized spacial score (nSPS) is 9.40. The molecule has 0 atom stereocenters. The molecule has 0 aliphatic rings. The van der Waals surface area contributed by atoms with Crippen molar-refractivity contribution in [3.05, 3.63) is 23.9 Å². The zero-order valence-electron chi connectivity index (χ0n) is 5.76. The minimum Gasteiger partial charge on any atom is -0.361 e. The molecule has 1 aromatic rings. The van der Waals surface area contributed by atoms with E-state index in [1.165, 1.54) is 5.56 Å². The summed E-state index contributed by atoms with van der Waals surface area (Å²) >= 11 is 2.26. The third-order valence-electron chi connectivity index (χ3n) is 1.24. The topological polar surface area (TPSA) is 24.9 Å². The van der Waals surface area contributed by atoms with Crippen molar-refractivity contribution < 1.29 is 0 Å². The van der Waals surface area contributed by atoms with Gasteiger partial charge in [0.15, 0.2) is 0 Å². The Labute approximate surface area is 74.2 Å². The van der Waals surface area contributed by atoms with Gasteiger partial charge in [0.2, 0.25) is 0 Å².